The molecule has 0 saturated heterocycles. The molecule has 2 aromatic carbocycles. The summed E-state index contributed by atoms with van der Waals surface area (Å²) in [7, 11) is 2.98. The molecule has 1 amide bonds. The number of halogens is 1. The quantitative estimate of drug-likeness (QED) is 0.859. The van der Waals surface area contributed by atoms with E-state index in [-0.39, 0.29) is 12.7 Å². The van der Waals surface area contributed by atoms with Crippen LogP contribution in [0.1, 0.15) is 29.8 Å². The van der Waals surface area contributed by atoms with Crippen molar-refractivity contribution in [3.05, 3.63) is 46.5 Å². The van der Waals surface area contributed by atoms with Crippen molar-refractivity contribution in [3.63, 3.8) is 0 Å². The van der Waals surface area contributed by atoms with Crippen molar-refractivity contribution in [1.82, 2.24) is 5.32 Å². The minimum absolute atomic E-state index is 0.204. The Kier molecular flexibility index (Phi) is 4.87. The number of methoxy groups -OCH3 is 2. The fraction of sp³-hybridized carbons (Fsp3) is 0.316. The van der Waals surface area contributed by atoms with Gasteiger partial charge in [0.1, 0.15) is 0 Å². The third-order valence-electron chi connectivity index (χ3n) is 4.22. The smallest absolute Gasteiger partial charge is 0.252 e. The average Bonchev–Trinajstić information content (AvgIpc) is 3.08. The van der Waals surface area contributed by atoms with E-state index in [0.717, 1.165) is 5.56 Å². The third kappa shape index (κ3) is 3.37. The van der Waals surface area contributed by atoms with Gasteiger partial charge in [0.25, 0.3) is 5.91 Å². The predicted octanol–water partition coefficient (Wildman–Crippen LogP) is 3.75. The number of amides is 1. The first-order valence-electron chi connectivity index (χ1n) is 8.00. The zero-order valence-electron chi connectivity index (χ0n) is 15.0. The first-order valence-corrected chi connectivity index (χ1v) is 8.37. The number of hydrogen-bond acceptors (Lipinski definition) is 5. The summed E-state index contributed by atoms with van der Waals surface area (Å²) in [5.74, 6) is 1.86. The number of carbonyl (C=O) groups excluding carboxylic acids is 1. The lowest BCUT2D eigenvalue weighted by molar-refractivity contribution is 0.0911. The molecule has 0 aliphatic carbocycles. The van der Waals surface area contributed by atoms with E-state index in [1.165, 1.54) is 14.2 Å². The van der Waals surface area contributed by atoms with Crippen LogP contribution in [0.4, 0.5) is 0 Å². The van der Waals surface area contributed by atoms with Gasteiger partial charge in [-0.05, 0) is 43.7 Å². The van der Waals surface area contributed by atoms with E-state index >= 15 is 0 Å². The lowest BCUT2D eigenvalue weighted by Crippen LogP contribution is -2.41. The highest BCUT2D eigenvalue weighted by molar-refractivity contribution is 6.32. The first kappa shape index (κ1) is 18.2. The van der Waals surface area contributed by atoms with Gasteiger partial charge < -0.3 is 24.3 Å². The molecule has 1 heterocycles. The molecule has 2 aromatic rings. The van der Waals surface area contributed by atoms with Crippen molar-refractivity contribution in [2.45, 2.75) is 19.4 Å². The van der Waals surface area contributed by atoms with Crippen LogP contribution in [0.2, 0.25) is 5.02 Å². The standard InChI is InChI=1S/C19H20ClNO5/c1-19(2,12-5-6-14-15(9-12)26-10-25-14)21-18(22)11-7-13(20)17(24-4)16(8-11)23-3/h5-9H,10H2,1-4H3,(H,21,22). The van der Waals surface area contributed by atoms with Crippen molar-refractivity contribution in [2.24, 2.45) is 0 Å². The zero-order valence-corrected chi connectivity index (χ0v) is 15.8. The Hall–Kier alpha value is -2.60. The number of fused-ring (bicyclic) bond motifs is 1. The van der Waals surface area contributed by atoms with E-state index in [1.807, 2.05) is 32.0 Å². The summed E-state index contributed by atoms with van der Waals surface area (Å²) in [6.45, 7) is 4.02. The van der Waals surface area contributed by atoms with Crippen LogP contribution in [0.25, 0.3) is 0 Å². The summed E-state index contributed by atoms with van der Waals surface area (Å²) in [6, 6.07) is 8.74. The maximum Gasteiger partial charge on any atom is 0.252 e. The highest BCUT2D eigenvalue weighted by Gasteiger charge is 2.27. The van der Waals surface area contributed by atoms with Crippen molar-refractivity contribution < 1.29 is 23.7 Å². The summed E-state index contributed by atoms with van der Waals surface area (Å²) < 4.78 is 21.2. The minimum Gasteiger partial charge on any atom is -0.493 e. The monoisotopic (exact) mass is 377 g/mol. The topological polar surface area (TPSA) is 66.0 Å². The summed E-state index contributed by atoms with van der Waals surface area (Å²) in [6.07, 6.45) is 0. The number of carbonyl (C=O) groups is 1. The first-order chi connectivity index (χ1) is 12.4. The van der Waals surface area contributed by atoms with Crippen LogP contribution in [-0.2, 0) is 5.54 Å². The minimum atomic E-state index is -0.641. The molecule has 0 aromatic heterocycles. The Labute approximate surface area is 157 Å². The van der Waals surface area contributed by atoms with Gasteiger partial charge in [0.2, 0.25) is 6.79 Å². The number of rotatable bonds is 5. The Morgan fingerprint density at radius 1 is 1.12 bits per heavy atom. The maximum absolute atomic E-state index is 12.8. The SMILES string of the molecule is COc1cc(C(=O)NC(C)(C)c2ccc3c(c2)OCO3)cc(Cl)c1OC. The predicted molar refractivity (Wildman–Crippen MR) is 97.6 cm³/mol. The molecule has 1 aliphatic heterocycles. The second-order valence-electron chi connectivity index (χ2n) is 6.34. The van der Waals surface area contributed by atoms with Gasteiger partial charge in [-0.2, -0.15) is 0 Å². The van der Waals surface area contributed by atoms with Crippen LogP contribution >= 0.6 is 11.6 Å². The van der Waals surface area contributed by atoms with E-state index in [4.69, 9.17) is 30.5 Å². The lowest BCUT2D eigenvalue weighted by atomic mass is 9.93. The van der Waals surface area contributed by atoms with Gasteiger partial charge in [0.05, 0.1) is 24.8 Å². The van der Waals surface area contributed by atoms with Crippen LogP contribution in [0, 0.1) is 0 Å². The molecule has 3 rings (SSSR count). The van der Waals surface area contributed by atoms with E-state index in [2.05, 4.69) is 5.32 Å². The molecule has 138 valence electrons. The number of nitrogens with one attached hydrogen (secondary N) is 1. The fourth-order valence-electron chi connectivity index (χ4n) is 2.76. The molecule has 0 atom stereocenters. The van der Waals surface area contributed by atoms with Crippen molar-refractivity contribution in [3.8, 4) is 23.0 Å². The highest BCUT2D eigenvalue weighted by Crippen LogP contribution is 2.37. The van der Waals surface area contributed by atoms with E-state index in [9.17, 15) is 4.79 Å². The maximum atomic E-state index is 12.8. The molecule has 0 unspecified atom stereocenters. The van der Waals surface area contributed by atoms with Crippen LogP contribution in [0.3, 0.4) is 0 Å². The van der Waals surface area contributed by atoms with Crippen LogP contribution < -0.4 is 24.3 Å². The van der Waals surface area contributed by atoms with Gasteiger partial charge in [0, 0.05) is 5.56 Å². The molecule has 1 aliphatic rings. The Balaban J connectivity index is 1.86. The molecule has 26 heavy (non-hydrogen) atoms. The van der Waals surface area contributed by atoms with E-state index in [0.29, 0.717) is 33.6 Å². The normalized spacial score (nSPS) is 12.7. The average molecular weight is 378 g/mol. The van der Waals surface area contributed by atoms with Crippen LogP contribution in [0.5, 0.6) is 23.0 Å². The molecular weight excluding hydrogens is 358 g/mol. The molecule has 6 nitrogen and oxygen atoms in total. The molecular formula is C19H20ClNO5. The Morgan fingerprint density at radius 2 is 1.85 bits per heavy atom. The molecule has 0 saturated carbocycles. The van der Waals surface area contributed by atoms with Gasteiger partial charge in [0.15, 0.2) is 23.0 Å². The molecule has 0 radical (unpaired) electrons. The Bertz CT molecular complexity index is 850. The molecule has 0 bridgehead atoms. The summed E-state index contributed by atoms with van der Waals surface area (Å²) >= 11 is 6.19. The van der Waals surface area contributed by atoms with E-state index < -0.39 is 5.54 Å². The summed E-state index contributed by atoms with van der Waals surface area (Å²) in [5.41, 5.74) is 0.626. The summed E-state index contributed by atoms with van der Waals surface area (Å²) in [5, 5.41) is 3.31. The van der Waals surface area contributed by atoms with Crippen LogP contribution in [0.15, 0.2) is 30.3 Å². The second kappa shape index (κ2) is 6.96. The van der Waals surface area contributed by atoms with Crippen molar-refractivity contribution in [1.29, 1.82) is 0 Å². The van der Waals surface area contributed by atoms with Gasteiger partial charge in [-0.25, -0.2) is 0 Å². The largest absolute Gasteiger partial charge is 0.493 e. The second-order valence-corrected chi connectivity index (χ2v) is 6.75. The lowest BCUT2D eigenvalue weighted by Gasteiger charge is -2.27. The molecule has 7 heteroatoms. The molecule has 0 spiro atoms. The fourth-order valence-corrected chi connectivity index (χ4v) is 3.05. The van der Waals surface area contributed by atoms with E-state index in [1.54, 1.807) is 12.1 Å². The van der Waals surface area contributed by atoms with Gasteiger partial charge in [-0.1, -0.05) is 17.7 Å². The molecule has 1 N–H and O–H groups in total. The summed E-state index contributed by atoms with van der Waals surface area (Å²) in [4.78, 5) is 12.8. The number of ether oxygens (including phenoxy) is 4. The Morgan fingerprint density at radius 3 is 2.54 bits per heavy atom. The van der Waals surface area contributed by atoms with Gasteiger partial charge in [-0.3, -0.25) is 4.79 Å². The number of benzene rings is 2. The van der Waals surface area contributed by atoms with Crippen molar-refractivity contribution in [2.75, 3.05) is 21.0 Å². The van der Waals surface area contributed by atoms with Crippen molar-refractivity contribution >= 4 is 17.5 Å². The highest BCUT2D eigenvalue weighted by atomic mass is 35.5. The molecule has 0 fully saturated rings. The third-order valence-corrected chi connectivity index (χ3v) is 4.50. The number of hydrogen-bond donors (Lipinski definition) is 1. The van der Waals surface area contributed by atoms with Crippen LogP contribution in [-0.4, -0.2) is 26.9 Å². The van der Waals surface area contributed by atoms with Gasteiger partial charge in [-0.15, -0.1) is 0 Å². The van der Waals surface area contributed by atoms with Gasteiger partial charge >= 0.3 is 0 Å². The zero-order chi connectivity index (χ0) is 18.9.